The molecule has 0 spiro atoms. The molecular weight excluding hydrogens is 276 g/mol. The third-order valence-corrected chi connectivity index (χ3v) is 5.38. The highest BCUT2D eigenvalue weighted by Crippen LogP contribution is 2.22. The Hall–Kier alpha value is -1.64. The van der Waals surface area contributed by atoms with Crippen LogP contribution in [0.25, 0.3) is 0 Å². The summed E-state index contributed by atoms with van der Waals surface area (Å²) in [6.07, 6.45) is 0. The van der Waals surface area contributed by atoms with Crippen molar-refractivity contribution in [3.63, 3.8) is 0 Å². The first-order chi connectivity index (χ1) is 8.48. The molecule has 0 saturated carbocycles. The normalized spacial score (nSPS) is 13.5. The predicted molar refractivity (Wildman–Crippen MR) is 67.3 cm³/mol. The molecule has 1 atom stereocenters. The minimum absolute atomic E-state index is 0.265. The number of amides is 3. The first kappa shape index (κ1) is 17.4. The van der Waals surface area contributed by atoms with E-state index < -0.39 is 37.7 Å². The third kappa shape index (κ3) is 3.66. The van der Waals surface area contributed by atoms with Crippen molar-refractivity contribution in [2.24, 2.45) is 0 Å². The minimum atomic E-state index is -4.29. The minimum Gasteiger partial charge on any atom is -0.480 e. The molecule has 8 nitrogen and oxygen atoms in total. The molecule has 1 unspecified atom stereocenters. The van der Waals surface area contributed by atoms with Crippen LogP contribution in [0.5, 0.6) is 0 Å². The monoisotopic (exact) mass is 294 g/mol. The quantitative estimate of drug-likeness (QED) is 0.626. The molecule has 0 aromatic heterocycles. The summed E-state index contributed by atoms with van der Waals surface area (Å²) < 4.78 is 21.9. The van der Waals surface area contributed by atoms with E-state index in [-0.39, 0.29) is 6.54 Å². The molecule has 0 rings (SSSR count). The Kier molecular flexibility index (Phi) is 5.48. The van der Waals surface area contributed by atoms with Gasteiger partial charge in [0.05, 0.1) is 0 Å². The Balaban J connectivity index is 5.11. The standard InChI is InChI=1S/C10H18N2O6S/c1-5-11-9(16)12-7(13)6(2)19(17,18)10(3,4)8(14)15/h6H,5H2,1-4H3,(H,14,15)(H2,11,12,13,16). The molecule has 0 saturated heterocycles. The summed E-state index contributed by atoms with van der Waals surface area (Å²) in [7, 11) is -4.29. The molecule has 3 amide bonds. The van der Waals surface area contributed by atoms with Gasteiger partial charge in [0.25, 0.3) is 0 Å². The van der Waals surface area contributed by atoms with E-state index in [1.165, 1.54) is 0 Å². The Morgan fingerprint density at radius 2 is 1.74 bits per heavy atom. The summed E-state index contributed by atoms with van der Waals surface area (Å²) in [4.78, 5) is 33.6. The van der Waals surface area contributed by atoms with E-state index in [4.69, 9.17) is 5.11 Å². The molecule has 0 bridgehead atoms. The van der Waals surface area contributed by atoms with Gasteiger partial charge in [-0.05, 0) is 27.7 Å². The van der Waals surface area contributed by atoms with E-state index in [0.29, 0.717) is 0 Å². The number of rotatable bonds is 5. The number of hydrogen-bond donors (Lipinski definition) is 3. The first-order valence-electron chi connectivity index (χ1n) is 5.54. The molecular formula is C10H18N2O6S. The molecule has 0 aliphatic rings. The third-order valence-electron chi connectivity index (χ3n) is 2.64. The summed E-state index contributed by atoms with van der Waals surface area (Å²) in [6.45, 7) is 4.90. The van der Waals surface area contributed by atoms with Gasteiger partial charge in [0, 0.05) is 6.54 Å². The summed E-state index contributed by atoms with van der Waals surface area (Å²) in [5.74, 6) is -2.63. The van der Waals surface area contributed by atoms with Gasteiger partial charge in [0.1, 0.15) is 5.25 Å². The molecule has 0 aromatic carbocycles. The number of nitrogens with one attached hydrogen (secondary N) is 2. The molecule has 0 fully saturated rings. The van der Waals surface area contributed by atoms with Crippen molar-refractivity contribution in [2.45, 2.75) is 37.7 Å². The molecule has 9 heteroatoms. The van der Waals surface area contributed by atoms with Crippen molar-refractivity contribution < 1.29 is 27.9 Å². The van der Waals surface area contributed by atoms with Gasteiger partial charge in [-0.1, -0.05) is 0 Å². The number of carbonyl (C=O) groups is 3. The SMILES string of the molecule is CCNC(=O)NC(=O)C(C)S(=O)(=O)C(C)(C)C(=O)O. The summed E-state index contributed by atoms with van der Waals surface area (Å²) in [5, 5.41) is 11.3. The largest absolute Gasteiger partial charge is 0.480 e. The van der Waals surface area contributed by atoms with Crippen LogP contribution in [0.1, 0.15) is 27.7 Å². The molecule has 0 aromatic rings. The number of aliphatic carboxylic acids is 1. The average molecular weight is 294 g/mol. The van der Waals surface area contributed by atoms with Gasteiger partial charge in [-0.25, -0.2) is 13.2 Å². The summed E-state index contributed by atoms with van der Waals surface area (Å²) in [5.41, 5.74) is 0. The smallest absolute Gasteiger partial charge is 0.324 e. The highest BCUT2D eigenvalue weighted by atomic mass is 32.2. The first-order valence-corrected chi connectivity index (χ1v) is 7.08. The van der Waals surface area contributed by atoms with Crippen molar-refractivity contribution in [3.8, 4) is 0 Å². The van der Waals surface area contributed by atoms with Crippen molar-refractivity contribution >= 4 is 27.7 Å². The fraction of sp³-hybridized carbons (Fsp3) is 0.700. The van der Waals surface area contributed by atoms with E-state index >= 15 is 0 Å². The van der Waals surface area contributed by atoms with Gasteiger partial charge in [-0.3, -0.25) is 14.9 Å². The maximum Gasteiger partial charge on any atom is 0.324 e. The van der Waals surface area contributed by atoms with E-state index in [2.05, 4.69) is 5.32 Å². The highest BCUT2D eigenvalue weighted by Gasteiger charge is 2.47. The zero-order valence-electron chi connectivity index (χ0n) is 11.2. The van der Waals surface area contributed by atoms with Crippen LogP contribution in [0.15, 0.2) is 0 Å². The zero-order chi connectivity index (χ0) is 15.4. The van der Waals surface area contributed by atoms with E-state index in [1.807, 2.05) is 5.32 Å². The van der Waals surface area contributed by atoms with Crippen LogP contribution in [-0.4, -0.2) is 48.0 Å². The number of carbonyl (C=O) groups excluding carboxylic acids is 2. The van der Waals surface area contributed by atoms with E-state index in [9.17, 15) is 22.8 Å². The van der Waals surface area contributed by atoms with Gasteiger partial charge >= 0.3 is 12.0 Å². The van der Waals surface area contributed by atoms with Crippen LogP contribution in [0.3, 0.4) is 0 Å². The van der Waals surface area contributed by atoms with Crippen LogP contribution in [0.4, 0.5) is 4.79 Å². The second-order valence-electron chi connectivity index (χ2n) is 4.35. The molecule has 3 N–H and O–H groups in total. The molecule has 19 heavy (non-hydrogen) atoms. The topological polar surface area (TPSA) is 130 Å². The lowest BCUT2D eigenvalue weighted by molar-refractivity contribution is -0.139. The van der Waals surface area contributed by atoms with Crippen LogP contribution in [0, 0.1) is 0 Å². The van der Waals surface area contributed by atoms with Crippen molar-refractivity contribution in [3.05, 3.63) is 0 Å². The Morgan fingerprint density at radius 1 is 1.26 bits per heavy atom. The van der Waals surface area contributed by atoms with Crippen molar-refractivity contribution in [1.29, 1.82) is 0 Å². The zero-order valence-corrected chi connectivity index (χ0v) is 12.0. The average Bonchev–Trinajstić information content (AvgIpc) is 2.27. The van der Waals surface area contributed by atoms with Gasteiger partial charge in [0.2, 0.25) is 5.91 Å². The molecule has 0 aliphatic carbocycles. The van der Waals surface area contributed by atoms with Crippen LogP contribution in [0.2, 0.25) is 0 Å². The van der Waals surface area contributed by atoms with Gasteiger partial charge in [-0.2, -0.15) is 0 Å². The fourth-order valence-electron chi connectivity index (χ4n) is 1.12. The second-order valence-corrected chi connectivity index (χ2v) is 7.17. The van der Waals surface area contributed by atoms with Crippen LogP contribution >= 0.6 is 0 Å². The Bertz CT molecular complexity index is 482. The Morgan fingerprint density at radius 3 is 2.11 bits per heavy atom. The van der Waals surface area contributed by atoms with Crippen molar-refractivity contribution in [1.82, 2.24) is 10.6 Å². The van der Waals surface area contributed by atoms with Gasteiger partial charge < -0.3 is 10.4 Å². The fourth-order valence-corrected chi connectivity index (χ4v) is 2.59. The summed E-state index contributed by atoms with van der Waals surface area (Å²) in [6, 6.07) is -0.831. The molecule has 0 heterocycles. The summed E-state index contributed by atoms with van der Waals surface area (Å²) >= 11 is 0. The number of sulfone groups is 1. The second kappa shape index (κ2) is 6.00. The lowest BCUT2D eigenvalue weighted by atomic mass is 10.2. The maximum absolute atomic E-state index is 12.0. The van der Waals surface area contributed by atoms with Crippen molar-refractivity contribution in [2.75, 3.05) is 6.54 Å². The molecule has 110 valence electrons. The molecule has 0 aliphatic heterocycles. The predicted octanol–water partition coefficient (Wildman–Crippen LogP) is -0.501. The number of urea groups is 1. The number of carboxylic acids is 1. The lowest BCUT2D eigenvalue weighted by Gasteiger charge is -2.23. The van der Waals surface area contributed by atoms with E-state index in [1.54, 1.807) is 6.92 Å². The van der Waals surface area contributed by atoms with E-state index in [0.717, 1.165) is 20.8 Å². The van der Waals surface area contributed by atoms with Crippen LogP contribution < -0.4 is 10.6 Å². The number of carboxylic acid groups (broad SMARTS) is 1. The lowest BCUT2D eigenvalue weighted by Crippen LogP contribution is -2.52. The van der Waals surface area contributed by atoms with Crippen LogP contribution in [-0.2, 0) is 19.4 Å². The molecule has 0 radical (unpaired) electrons. The Labute approximate surface area is 111 Å². The van der Waals surface area contributed by atoms with Gasteiger partial charge in [-0.15, -0.1) is 0 Å². The number of imide groups is 1. The number of hydrogen-bond acceptors (Lipinski definition) is 5. The maximum atomic E-state index is 12.0. The van der Waals surface area contributed by atoms with Gasteiger partial charge in [0.15, 0.2) is 14.6 Å². The highest BCUT2D eigenvalue weighted by molar-refractivity contribution is 7.94.